The van der Waals surface area contributed by atoms with Gasteiger partial charge in [-0.05, 0) is 43.9 Å². The molecular weight excluding hydrogens is 292 g/mol. The molecule has 2 nitrogen and oxygen atoms in total. The van der Waals surface area contributed by atoms with E-state index in [0.717, 1.165) is 24.1 Å². The molecule has 0 radical (unpaired) electrons. The Hall–Kier alpha value is 0.400. The van der Waals surface area contributed by atoms with Crippen LogP contribution in [-0.4, -0.2) is 30.8 Å². The lowest BCUT2D eigenvalue weighted by atomic mass is 9.69. The topological polar surface area (TPSA) is 18.5 Å². The van der Waals surface area contributed by atoms with E-state index in [1.54, 1.807) is 7.11 Å². The highest BCUT2D eigenvalue weighted by molar-refractivity contribution is 9.09. The van der Waals surface area contributed by atoms with Crippen molar-refractivity contribution in [3.63, 3.8) is 0 Å². The molecule has 1 saturated carbocycles. The lowest BCUT2D eigenvalue weighted by molar-refractivity contribution is -0.120. The minimum absolute atomic E-state index is 0.0275. The predicted molar refractivity (Wildman–Crippen MR) is 80.4 cm³/mol. The lowest BCUT2D eigenvalue weighted by Gasteiger charge is -2.44. The van der Waals surface area contributed by atoms with Crippen LogP contribution in [-0.2, 0) is 9.47 Å². The first-order valence-electron chi connectivity index (χ1n) is 7.06. The van der Waals surface area contributed by atoms with E-state index in [1.807, 2.05) is 0 Å². The van der Waals surface area contributed by atoms with Gasteiger partial charge < -0.3 is 9.47 Å². The van der Waals surface area contributed by atoms with E-state index in [1.165, 1.54) is 12.8 Å². The van der Waals surface area contributed by atoms with Gasteiger partial charge >= 0.3 is 0 Å². The molecule has 18 heavy (non-hydrogen) atoms. The Balaban J connectivity index is 2.54. The summed E-state index contributed by atoms with van der Waals surface area (Å²) in [7, 11) is 1.73. The van der Waals surface area contributed by atoms with Crippen LogP contribution in [0.1, 0.15) is 53.4 Å². The summed E-state index contributed by atoms with van der Waals surface area (Å²) in [6.45, 7) is 9.84. The van der Waals surface area contributed by atoms with E-state index < -0.39 is 0 Å². The van der Waals surface area contributed by atoms with Crippen LogP contribution in [0, 0.1) is 11.3 Å². The highest BCUT2D eigenvalue weighted by atomic mass is 79.9. The Morgan fingerprint density at radius 2 is 1.83 bits per heavy atom. The number of hydrogen-bond donors (Lipinski definition) is 0. The van der Waals surface area contributed by atoms with E-state index in [0.29, 0.717) is 12.0 Å². The first-order chi connectivity index (χ1) is 8.33. The van der Waals surface area contributed by atoms with Crippen molar-refractivity contribution in [3.8, 4) is 0 Å². The lowest BCUT2D eigenvalue weighted by Crippen LogP contribution is -2.44. The maximum Gasteiger partial charge on any atom is 0.0788 e. The van der Waals surface area contributed by atoms with Gasteiger partial charge in [0.1, 0.15) is 0 Å². The monoisotopic (exact) mass is 320 g/mol. The number of alkyl halides is 1. The van der Waals surface area contributed by atoms with Gasteiger partial charge in [0.15, 0.2) is 0 Å². The van der Waals surface area contributed by atoms with Crippen molar-refractivity contribution in [2.24, 2.45) is 11.3 Å². The number of halogens is 1. The molecule has 0 spiro atoms. The van der Waals surface area contributed by atoms with Gasteiger partial charge in [0, 0.05) is 12.4 Å². The second kappa shape index (κ2) is 6.71. The second-order valence-corrected chi connectivity index (χ2v) is 7.40. The van der Waals surface area contributed by atoms with Crippen molar-refractivity contribution in [3.05, 3.63) is 0 Å². The van der Waals surface area contributed by atoms with Gasteiger partial charge in [-0.1, -0.05) is 36.7 Å². The summed E-state index contributed by atoms with van der Waals surface area (Å²) in [4.78, 5) is 0. The van der Waals surface area contributed by atoms with Crippen molar-refractivity contribution in [2.75, 3.05) is 19.0 Å². The zero-order chi connectivity index (χ0) is 13.8. The van der Waals surface area contributed by atoms with Gasteiger partial charge in [-0.3, -0.25) is 0 Å². The van der Waals surface area contributed by atoms with Crippen molar-refractivity contribution < 1.29 is 9.47 Å². The molecule has 1 fully saturated rings. The number of hydrogen-bond acceptors (Lipinski definition) is 2. The van der Waals surface area contributed by atoms with Crippen molar-refractivity contribution in [1.82, 2.24) is 0 Å². The minimum Gasteiger partial charge on any atom is -0.382 e. The average molecular weight is 321 g/mol. The summed E-state index contributed by atoms with van der Waals surface area (Å²) >= 11 is 3.65. The van der Waals surface area contributed by atoms with Gasteiger partial charge in [-0.15, -0.1) is 0 Å². The third-order valence-corrected chi connectivity index (χ3v) is 5.24. The summed E-state index contributed by atoms with van der Waals surface area (Å²) < 4.78 is 11.4. The molecule has 0 N–H and O–H groups in total. The van der Waals surface area contributed by atoms with E-state index >= 15 is 0 Å². The van der Waals surface area contributed by atoms with E-state index in [2.05, 4.69) is 43.6 Å². The standard InChI is InChI=1S/C15H29BrO2/c1-12(10-17-5)18-15(11-16)8-6-13(7-9-15)14(2,3)4/h12-13H,6-11H2,1-5H3. The Kier molecular flexibility index (Phi) is 6.14. The fraction of sp³-hybridized carbons (Fsp3) is 1.00. The molecular formula is C15H29BrO2. The number of rotatable bonds is 5. The van der Waals surface area contributed by atoms with Crippen LogP contribution in [0.15, 0.2) is 0 Å². The van der Waals surface area contributed by atoms with Crippen LogP contribution in [0.5, 0.6) is 0 Å². The Bertz CT molecular complexity index is 239. The van der Waals surface area contributed by atoms with Gasteiger partial charge in [0.05, 0.1) is 18.3 Å². The molecule has 1 unspecified atom stereocenters. The molecule has 0 aliphatic heterocycles. The first kappa shape index (κ1) is 16.5. The molecule has 1 atom stereocenters. The highest BCUT2D eigenvalue weighted by Crippen LogP contribution is 2.43. The molecule has 0 saturated heterocycles. The molecule has 0 aromatic heterocycles. The summed E-state index contributed by atoms with van der Waals surface area (Å²) in [5.74, 6) is 0.825. The largest absolute Gasteiger partial charge is 0.382 e. The number of ether oxygens (including phenoxy) is 2. The third-order valence-electron chi connectivity index (χ3n) is 4.22. The molecule has 0 heterocycles. The minimum atomic E-state index is 0.0275. The predicted octanol–water partition coefficient (Wildman–Crippen LogP) is 4.41. The second-order valence-electron chi connectivity index (χ2n) is 6.84. The normalized spacial score (nSPS) is 31.3. The summed E-state index contributed by atoms with van der Waals surface area (Å²) in [5, 5.41) is 0.935. The zero-order valence-electron chi connectivity index (χ0n) is 12.6. The highest BCUT2D eigenvalue weighted by Gasteiger charge is 2.39. The molecule has 0 bridgehead atoms. The summed E-state index contributed by atoms with van der Waals surface area (Å²) in [6.07, 6.45) is 5.05. The van der Waals surface area contributed by atoms with Crippen LogP contribution in [0.2, 0.25) is 0 Å². The molecule has 0 aromatic rings. The summed E-state index contributed by atoms with van der Waals surface area (Å²) in [6, 6.07) is 0. The zero-order valence-corrected chi connectivity index (χ0v) is 14.2. The Morgan fingerprint density at radius 3 is 2.22 bits per heavy atom. The Morgan fingerprint density at radius 1 is 1.28 bits per heavy atom. The fourth-order valence-electron chi connectivity index (χ4n) is 2.99. The molecule has 1 rings (SSSR count). The van der Waals surface area contributed by atoms with Crippen molar-refractivity contribution >= 4 is 15.9 Å². The van der Waals surface area contributed by atoms with Crippen LogP contribution in [0.25, 0.3) is 0 Å². The third kappa shape index (κ3) is 4.50. The van der Waals surface area contributed by atoms with Crippen LogP contribution < -0.4 is 0 Å². The molecule has 1 aliphatic carbocycles. The van der Waals surface area contributed by atoms with Gasteiger partial charge in [0.25, 0.3) is 0 Å². The van der Waals surface area contributed by atoms with Crippen molar-refractivity contribution in [1.29, 1.82) is 0 Å². The SMILES string of the molecule is COCC(C)OC1(CBr)CCC(C(C)(C)C)CC1. The van der Waals surface area contributed by atoms with E-state index in [9.17, 15) is 0 Å². The Labute approximate surface area is 121 Å². The van der Waals surface area contributed by atoms with Crippen molar-refractivity contribution in [2.45, 2.75) is 65.1 Å². The molecule has 3 heteroatoms. The first-order valence-corrected chi connectivity index (χ1v) is 8.18. The van der Waals surface area contributed by atoms with Crippen LogP contribution in [0.4, 0.5) is 0 Å². The van der Waals surface area contributed by atoms with E-state index in [4.69, 9.17) is 9.47 Å². The quantitative estimate of drug-likeness (QED) is 0.699. The average Bonchev–Trinajstić information content (AvgIpc) is 2.28. The molecule has 0 aromatic carbocycles. The summed E-state index contributed by atoms with van der Waals surface area (Å²) in [5.41, 5.74) is 0.455. The molecule has 108 valence electrons. The van der Waals surface area contributed by atoms with Gasteiger partial charge in [-0.25, -0.2) is 0 Å². The van der Waals surface area contributed by atoms with Gasteiger partial charge in [-0.2, -0.15) is 0 Å². The number of methoxy groups -OCH3 is 1. The maximum atomic E-state index is 6.26. The van der Waals surface area contributed by atoms with Crippen LogP contribution >= 0.6 is 15.9 Å². The molecule has 0 amide bonds. The fourth-order valence-corrected chi connectivity index (χ4v) is 3.68. The van der Waals surface area contributed by atoms with E-state index in [-0.39, 0.29) is 11.7 Å². The van der Waals surface area contributed by atoms with Crippen LogP contribution in [0.3, 0.4) is 0 Å². The smallest absolute Gasteiger partial charge is 0.0788 e. The molecule has 1 aliphatic rings. The maximum absolute atomic E-state index is 6.26. The van der Waals surface area contributed by atoms with Gasteiger partial charge in [0.2, 0.25) is 0 Å².